The Morgan fingerprint density at radius 3 is 2.63 bits per heavy atom. The van der Waals surface area contributed by atoms with Crippen LogP contribution in [0.3, 0.4) is 0 Å². The molecule has 30 heavy (non-hydrogen) atoms. The minimum atomic E-state index is -0.849. The Bertz CT molecular complexity index is 850. The van der Waals surface area contributed by atoms with Crippen LogP contribution in [0.5, 0.6) is 11.5 Å². The molecule has 2 aromatic rings. The average Bonchev–Trinajstić information content (AvgIpc) is 2.80. The van der Waals surface area contributed by atoms with Gasteiger partial charge in [0, 0.05) is 6.04 Å². The van der Waals surface area contributed by atoms with E-state index in [0.717, 1.165) is 50.0 Å². The Kier molecular flexibility index (Phi) is 6.55. The highest BCUT2D eigenvalue weighted by Crippen LogP contribution is 2.37. The van der Waals surface area contributed by atoms with E-state index in [1.165, 1.54) is 11.1 Å². The molecule has 1 unspecified atom stereocenters. The maximum atomic E-state index is 11.8. The summed E-state index contributed by atoms with van der Waals surface area (Å²) in [5, 5.41) is 11.9. The second-order valence-electron chi connectivity index (χ2n) is 8.21. The molecule has 0 radical (unpaired) electrons. The molecule has 0 saturated heterocycles. The Hall–Kier alpha value is -2.57. The van der Waals surface area contributed by atoms with Crippen LogP contribution in [-0.2, 0) is 11.2 Å². The van der Waals surface area contributed by atoms with Gasteiger partial charge in [0.25, 0.3) is 0 Å². The Morgan fingerprint density at radius 2 is 1.90 bits per heavy atom. The molecule has 1 saturated carbocycles. The monoisotopic (exact) mass is 410 g/mol. The number of amides is 1. The predicted octanol–water partition coefficient (Wildman–Crippen LogP) is 2.88. The van der Waals surface area contributed by atoms with E-state index in [2.05, 4.69) is 23.5 Å². The number of carbonyl (C=O) groups is 1. The molecule has 6 heteroatoms. The first-order valence-corrected chi connectivity index (χ1v) is 10.8. The van der Waals surface area contributed by atoms with Crippen LogP contribution in [0.4, 0.5) is 0 Å². The van der Waals surface area contributed by atoms with Gasteiger partial charge in [0.15, 0.2) is 0 Å². The van der Waals surface area contributed by atoms with Gasteiger partial charge < -0.3 is 25.6 Å². The molecule has 6 nitrogen and oxygen atoms in total. The topological polar surface area (TPSA) is 93.8 Å². The molecule has 1 heterocycles. The van der Waals surface area contributed by atoms with Crippen molar-refractivity contribution in [2.75, 3.05) is 6.61 Å². The summed E-state index contributed by atoms with van der Waals surface area (Å²) in [6, 6.07) is 15.7. The summed E-state index contributed by atoms with van der Waals surface area (Å²) in [6.07, 6.45) is 5.63. The van der Waals surface area contributed by atoms with Gasteiger partial charge in [0.05, 0.1) is 12.7 Å². The zero-order valence-electron chi connectivity index (χ0n) is 17.1. The van der Waals surface area contributed by atoms with E-state index >= 15 is 0 Å². The first kappa shape index (κ1) is 20.7. The van der Waals surface area contributed by atoms with E-state index in [-0.39, 0.29) is 30.8 Å². The van der Waals surface area contributed by atoms with Gasteiger partial charge in [-0.1, -0.05) is 30.3 Å². The number of benzene rings is 2. The van der Waals surface area contributed by atoms with Crippen LogP contribution in [0.2, 0.25) is 0 Å². The van der Waals surface area contributed by atoms with Crippen molar-refractivity contribution in [2.45, 2.75) is 62.8 Å². The number of aryl methyl sites for hydroxylation is 1. The number of hydrogen-bond acceptors (Lipinski definition) is 5. The number of aliphatic hydroxyl groups excluding tert-OH is 1. The third-order valence-electron chi connectivity index (χ3n) is 6.01. The van der Waals surface area contributed by atoms with Crippen molar-refractivity contribution in [3.63, 3.8) is 0 Å². The van der Waals surface area contributed by atoms with Crippen LogP contribution in [0, 0.1) is 0 Å². The lowest BCUT2D eigenvalue weighted by Crippen LogP contribution is -2.48. The molecular weight excluding hydrogens is 380 g/mol. The van der Waals surface area contributed by atoms with Crippen molar-refractivity contribution in [3.8, 4) is 11.5 Å². The lowest BCUT2D eigenvalue weighted by Gasteiger charge is -2.31. The van der Waals surface area contributed by atoms with Gasteiger partial charge in [-0.3, -0.25) is 4.79 Å². The highest BCUT2D eigenvalue weighted by molar-refractivity contribution is 5.81. The summed E-state index contributed by atoms with van der Waals surface area (Å²) in [5.41, 5.74) is 7.97. The summed E-state index contributed by atoms with van der Waals surface area (Å²) in [4.78, 5) is 11.8. The van der Waals surface area contributed by atoms with Gasteiger partial charge in [-0.25, -0.2) is 0 Å². The number of fused-ring (bicyclic) bond motifs is 1. The first-order chi connectivity index (χ1) is 14.6. The minimum absolute atomic E-state index is 0.0989. The van der Waals surface area contributed by atoms with Gasteiger partial charge in [0.1, 0.15) is 23.6 Å². The van der Waals surface area contributed by atoms with Crippen molar-refractivity contribution in [3.05, 3.63) is 59.7 Å². The molecule has 1 amide bonds. The molecular formula is C24H30N2O4. The zero-order valence-corrected chi connectivity index (χ0v) is 17.1. The third kappa shape index (κ3) is 4.94. The lowest BCUT2D eigenvalue weighted by molar-refractivity contribution is -0.124. The molecule has 1 fully saturated rings. The van der Waals surface area contributed by atoms with Gasteiger partial charge in [0.2, 0.25) is 5.91 Å². The number of aliphatic hydroxyl groups is 1. The molecule has 0 bridgehead atoms. The lowest BCUT2D eigenvalue weighted by atomic mass is 9.92. The third-order valence-corrected chi connectivity index (χ3v) is 6.01. The zero-order chi connectivity index (χ0) is 20.9. The van der Waals surface area contributed by atoms with Crippen LogP contribution in [0.25, 0.3) is 0 Å². The average molecular weight is 411 g/mol. The predicted molar refractivity (Wildman–Crippen MR) is 114 cm³/mol. The normalized spacial score (nSPS) is 24.3. The minimum Gasteiger partial charge on any atom is -0.490 e. The summed E-state index contributed by atoms with van der Waals surface area (Å²) in [7, 11) is 0. The molecule has 4 rings (SSSR count). The van der Waals surface area contributed by atoms with Crippen LogP contribution in [0.15, 0.2) is 48.5 Å². The fourth-order valence-electron chi connectivity index (χ4n) is 4.25. The highest BCUT2D eigenvalue weighted by atomic mass is 16.5. The molecule has 2 atom stereocenters. The van der Waals surface area contributed by atoms with Crippen molar-refractivity contribution in [1.82, 2.24) is 5.32 Å². The van der Waals surface area contributed by atoms with Gasteiger partial charge >= 0.3 is 0 Å². The van der Waals surface area contributed by atoms with Crippen LogP contribution in [-0.4, -0.2) is 35.8 Å². The van der Waals surface area contributed by atoms with E-state index in [9.17, 15) is 4.79 Å². The van der Waals surface area contributed by atoms with Crippen molar-refractivity contribution >= 4 is 5.91 Å². The summed E-state index contributed by atoms with van der Waals surface area (Å²) in [6.45, 7) is -0.335. The quantitative estimate of drug-likeness (QED) is 0.681. The standard InChI is InChI=1S/C24H30N2O4/c25-21(15-27)24(28)26-18-7-9-19(10-8-18)29-20-11-13-23-17(14-20)6-12-22(30-23)16-4-2-1-3-5-16/h1-5,11,13-14,18-19,21-22,27H,6-10,12,15,25H2,(H,26,28)/t18?,19?,21?,22-/m0/s1. The van der Waals surface area contributed by atoms with Gasteiger partial charge in [-0.15, -0.1) is 0 Å². The number of ether oxygens (including phenoxy) is 2. The molecule has 0 spiro atoms. The fraction of sp³-hybridized carbons (Fsp3) is 0.458. The number of rotatable bonds is 6. The van der Waals surface area contributed by atoms with Crippen molar-refractivity contribution in [2.24, 2.45) is 5.73 Å². The number of hydrogen-bond donors (Lipinski definition) is 3. The van der Waals surface area contributed by atoms with Gasteiger partial charge in [-0.2, -0.15) is 0 Å². The maximum absolute atomic E-state index is 11.8. The van der Waals surface area contributed by atoms with Crippen molar-refractivity contribution in [1.29, 1.82) is 0 Å². The van der Waals surface area contributed by atoms with E-state index in [1.807, 2.05) is 30.3 Å². The van der Waals surface area contributed by atoms with E-state index in [1.54, 1.807) is 0 Å². The molecule has 160 valence electrons. The van der Waals surface area contributed by atoms with E-state index in [4.69, 9.17) is 20.3 Å². The summed E-state index contributed by atoms with van der Waals surface area (Å²) >= 11 is 0. The Balaban J connectivity index is 1.29. The summed E-state index contributed by atoms with van der Waals surface area (Å²) < 4.78 is 12.4. The second kappa shape index (κ2) is 9.49. The first-order valence-electron chi connectivity index (χ1n) is 10.8. The van der Waals surface area contributed by atoms with Crippen molar-refractivity contribution < 1.29 is 19.4 Å². The fourth-order valence-corrected chi connectivity index (χ4v) is 4.25. The molecule has 4 N–H and O–H groups in total. The van der Waals surface area contributed by atoms with Crippen LogP contribution in [0.1, 0.15) is 49.3 Å². The number of carbonyl (C=O) groups excluding carboxylic acids is 1. The van der Waals surface area contributed by atoms with Crippen LogP contribution < -0.4 is 20.5 Å². The number of nitrogens with one attached hydrogen (secondary N) is 1. The molecule has 0 aromatic heterocycles. The second-order valence-corrected chi connectivity index (χ2v) is 8.21. The Labute approximate surface area is 177 Å². The number of nitrogens with two attached hydrogens (primary N) is 1. The maximum Gasteiger partial charge on any atom is 0.239 e. The molecule has 1 aliphatic carbocycles. The molecule has 2 aliphatic rings. The molecule has 1 aliphatic heterocycles. The summed E-state index contributed by atoms with van der Waals surface area (Å²) in [5.74, 6) is 1.53. The SMILES string of the molecule is NC(CO)C(=O)NC1CCC(Oc2ccc3c(c2)CC[C@@H](c2ccccc2)O3)CC1. The smallest absolute Gasteiger partial charge is 0.239 e. The van der Waals surface area contributed by atoms with E-state index in [0.29, 0.717) is 0 Å². The van der Waals surface area contributed by atoms with E-state index < -0.39 is 6.04 Å². The Morgan fingerprint density at radius 1 is 1.13 bits per heavy atom. The van der Waals surface area contributed by atoms with Crippen LogP contribution >= 0.6 is 0 Å². The highest BCUT2D eigenvalue weighted by Gasteiger charge is 2.26. The largest absolute Gasteiger partial charge is 0.490 e. The molecule has 2 aromatic carbocycles. The van der Waals surface area contributed by atoms with Gasteiger partial charge in [-0.05, 0) is 67.9 Å².